The lowest BCUT2D eigenvalue weighted by atomic mass is 10.2. The monoisotopic (exact) mass is 178 g/mol. The topological polar surface area (TPSA) is 105 Å². The number of H-pyrrole nitrogens is 1. The highest BCUT2D eigenvalue weighted by Crippen LogP contribution is 2.20. The molecule has 2 aromatic rings. The van der Waals surface area contributed by atoms with Gasteiger partial charge in [0, 0.05) is 6.20 Å². The zero-order valence-corrected chi connectivity index (χ0v) is 6.48. The molecule has 0 saturated carbocycles. The van der Waals surface area contributed by atoms with Gasteiger partial charge in [-0.25, -0.2) is 14.8 Å². The lowest BCUT2D eigenvalue weighted by molar-refractivity contribution is 0.0699. The molecule has 4 N–H and O–H groups in total. The predicted molar refractivity (Wildman–Crippen MR) is 45.3 cm³/mol. The number of hydrogen-bond acceptors (Lipinski definition) is 4. The number of nitrogen functional groups attached to an aromatic ring is 1. The van der Waals surface area contributed by atoms with Gasteiger partial charge in [-0.05, 0) is 0 Å². The summed E-state index contributed by atoms with van der Waals surface area (Å²) in [7, 11) is 0. The van der Waals surface area contributed by atoms with Gasteiger partial charge in [0.1, 0.15) is 17.8 Å². The van der Waals surface area contributed by atoms with Gasteiger partial charge in [0.05, 0.1) is 10.9 Å². The first-order valence-electron chi connectivity index (χ1n) is 3.51. The molecule has 66 valence electrons. The number of hydrogen-bond donors (Lipinski definition) is 3. The minimum atomic E-state index is -1.05. The maximum absolute atomic E-state index is 10.7. The van der Waals surface area contributed by atoms with Crippen molar-refractivity contribution in [2.24, 2.45) is 0 Å². The average molecular weight is 178 g/mol. The van der Waals surface area contributed by atoms with Crippen LogP contribution in [0.15, 0.2) is 12.5 Å². The number of nitrogens with one attached hydrogen (secondary N) is 1. The van der Waals surface area contributed by atoms with Crippen LogP contribution in [0.4, 0.5) is 5.82 Å². The van der Waals surface area contributed by atoms with Crippen molar-refractivity contribution in [3.63, 3.8) is 0 Å². The fourth-order valence-corrected chi connectivity index (χ4v) is 1.16. The first-order valence-corrected chi connectivity index (χ1v) is 3.51. The Labute approximate surface area is 72.4 Å². The van der Waals surface area contributed by atoms with Gasteiger partial charge in [-0.1, -0.05) is 0 Å². The van der Waals surface area contributed by atoms with Gasteiger partial charge in [0.2, 0.25) is 0 Å². The molecule has 0 aliphatic rings. The van der Waals surface area contributed by atoms with Crippen molar-refractivity contribution in [2.45, 2.75) is 0 Å². The summed E-state index contributed by atoms with van der Waals surface area (Å²) in [5.41, 5.74) is 6.03. The summed E-state index contributed by atoms with van der Waals surface area (Å²) in [6, 6.07) is 0. The number of anilines is 1. The smallest absolute Gasteiger partial charge is 0.338 e. The van der Waals surface area contributed by atoms with Gasteiger partial charge >= 0.3 is 5.97 Å². The van der Waals surface area contributed by atoms with Gasteiger partial charge in [-0.3, -0.25) is 0 Å². The van der Waals surface area contributed by atoms with Gasteiger partial charge in [0.15, 0.2) is 0 Å². The van der Waals surface area contributed by atoms with Gasteiger partial charge in [-0.15, -0.1) is 0 Å². The summed E-state index contributed by atoms with van der Waals surface area (Å²) in [6.45, 7) is 0. The molecule has 6 nitrogen and oxygen atoms in total. The van der Waals surface area contributed by atoms with E-state index in [-0.39, 0.29) is 11.4 Å². The molecule has 0 unspecified atom stereocenters. The van der Waals surface area contributed by atoms with E-state index >= 15 is 0 Å². The predicted octanol–water partition coefficient (Wildman–Crippen LogP) is 0.238. The van der Waals surface area contributed by atoms with Crippen molar-refractivity contribution in [1.82, 2.24) is 15.0 Å². The molecule has 0 atom stereocenters. The second-order valence-electron chi connectivity index (χ2n) is 2.49. The van der Waals surface area contributed by atoms with Crippen LogP contribution in [0.25, 0.3) is 11.0 Å². The Balaban J connectivity index is 2.86. The second kappa shape index (κ2) is 2.44. The normalized spacial score (nSPS) is 10.5. The van der Waals surface area contributed by atoms with Crippen molar-refractivity contribution in [3.8, 4) is 0 Å². The first-order chi connectivity index (χ1) is 6.20. The van der Waals surface area contributed by atoms with Crippen LogP contribution in [0.1, 0.15) is 10.4 Å². The number of aromatic amines is 1. The van der Waals surface area contributed by atoms with Gasteiger partial charge in [0.25, 0.3) is 0 Å². The fraction of sp³-hybridized carbons (Fsp3) is 0. The van der Waals surface area contributed by atoms with E-state index in [9.17, 15) is 4.79 Å². The lowest BCUT2D eigenvalue weighted by Gasteiger charge is -1.94. The van der Waals surface area contributed by atoms with Crippen molar-refractivity contribution in [3.05, 3.63) is 18.1 Å². The van der Waals surface area contributed by atoms with E-state index in [1.165, 1.54) is 12.5 Å². The third-order valence-electron chi connectivity index (χ3n) is 1.73. The van der Waals surface area contributed by atoms with Crippen LogP contribution in [0.5, 0.6) is 0 Å². The molecule has 13 heavy (non-hydrogen) atoms. The number of fused-ring (bicyclic) bond motifs is 1. The lowest BCUT2D eigenvalue weighted by Crippen LogP contribution is -1.98. The average Bonchev–Trinajstić information content (AvgIpc) is 2.49. The van der Waals surface area contributed by atoms with E-state index in [0.29, 0.717) is 11.0 Å². The Morgan fingerprint density at radius 3 is 3.00 bits per heavy atom. The zero-order valence-electron chi connectivity index (χ0n) is 6.48. The highest BCUT2D eigenvalue weighted by Gasteiger charge is 2.13. The Hall–Kier alpha value is -2.11. The van der Waals surface area contributed by atoms with Crippen molar-refractivity contribution >= 4 is 22.8 Å². The molecule has 0 fully saturated rings. The number of carbonyl (C=O) groups is 1. The van der Waals surface area contributed by atoms with Gasteiger partial charge in [-0.2, -0.15) is 0 Å². The molecule has 6 heteroatoms. The molecule has 2 rings (SSSR count). The number of carboxylic acid groups (broad SMARTS) is 1. The van der Waals surface area contributed by atoms with Crippen LogP contribution in [0, 0.1) is 0 Å². The molecule has 0 aliphatic carbocycles. The van der Waals surface area contributed by atoms with Crippen LogP contribution < -0.4 is 5.73 Å². The number of aromatic carboxylic acids is 1. The van der Waals surface area contributed by atoms with Gasteiger partial charge < -0.3 is 15.8 Å². The Kier molecular flexibility index (Phi) is 1.42. The molecule has 0 saturated heterocycles. The van der Waals surface area contributed by atoms with E-state index in [0.717, 1.165) is 0 Å². The summed E-state index contributed by atoms with van der Waals surface area (Å²) >= 11 is 0. The summed E-state index contributed by atoms with van der Waals surface area (Å²) in [5.74, 6) is -0.878. The second-order valence-corrected chi connectivity index (χ2v) is 2.49. The third-order valence-corrected chi connectivity index (χ3v) is 1.73. The molecule has 0 aromatic carbocycles. The summed E-state index contributed by atoms with van der Waals surface area (Å²) in [5, 5.41) is 9.12. The SMILES string of the molecule is Nc1ncnc2[nH]cc(C(=O)O)c12. The van der Waals surface area contributed by atoms with Crippen molar-refractivity contribution < 1.29 is 9.90 Å². The van der Waals surface area contributed by atoms with E-state index in [1.807, 2.05) is 0 Å². The highest BCUT2D eigenvalue weighted by molar-refractivity contribution is 6.05. The molecule has 0 bridgehead atoms. The Morgan fingerprint density at radius 2 is 2.31 bits per heavy atom. The van der Waals surface area contributed by atoms with E-state index in [2.05, 4.69) is 15.0 Å². The number of aromatic nitrogens is 3. The molecular weight excluding hydrogens is 172 g/mol. The molecule has 0 amide bonds. The van der Waals surface area contributed by atoms with Crippen LogP contribution in [-0.2, 0) is 0 Å². The van der Waals surface area contributed by atoms with E-state index in [4.69, 9.17) is 10.8 Å². The van der Waals surface area contributed by atoms with E-state index < -0.39 is 5.97 Å². The number of nitrogens with two attached hydrogens (primary N) is 1. The maximum atomic E-state index is 10.7. The minimum Gasteiger partial charge on any atom is -0.478 e. The summed E-state index contributed by atoms with van der Waals surface area (Å²) in [4.78, 5) is 20.9. The molecule has 0 aliphatic heterocycles. The Morgan fingerprint density at radius 1 is 1.54 bits per heavy atom. The summed E-state index contributed by atoms with van der Waals surface area (Å²) < 4.78 is 0. The Bertz CT molecular complexity index is 476. The number of carboxylic acids is 1. The van der Waals surface area contributed by atoms with Crippen LogP contribution in [0.3, 0.4) is 0 Å². The highest BCUT2D eigenvalue weighted by atomic mass is 16.4. The van der Waals surface area contributed by atoms with Crippen LogP contribution >= 0.6 is 0 Å². The quantitative estimate of drug-likeness (QED) is 0.580. The van der Waals surface area contributed by atoms with Crippen molar-refractivity contribution in [2.75, 3.05) is 5.73 Å². The molecule has 2 heterocycles. The molecule has 0 spiro atoms. The third kappa shape index (κ3) is 0.994. The van der Waals surface area contributed by atoms with E-state index in [1.54, 1.807) is 0 Å². The maximum Gasteiger partial charge on any atom is 0.338 e. The number of nitrogens with zero attached hydrogens (tertiary/aromatic N) is 2. The fourth-order valence-electron chi connectivity index (χ4n) is 1.16. The largest absolute Gasteiger partial charge is 0.478 e. The molecule has 0 radical (unpaired) electrons. The molecular formula is C7H6N4O2. The minimum absolute atomic E-state index is 0.0908. The number of rotatable bonds is 1. The molecule has 2 aromatic heterocycles. The van der Waals surface area contributed by atoms with Crippen LogP contribution in [0.2, 0.25) is 0 Å². The first kappa shape index (κ1) is 7.53. The van der Waals surface area contributed by atoms with Crippen molar-refractivity contribution in [1.29, 1.82) is 0 Å². The zero-order chi connectivity index (χ0) is 9.42. The standard InChI is InChI=1S/C7H6N4O2/c8-5-4-3(7(12)13)1-9-6(4)11-2-10-5/h1-2H,(H,12,13)(H3,8,9,10,11). The summed E-state index contributed by atoms with van der Waals surface area (Å²) in [6.07, 6.45) is 2.62. The van der Waals surface area contributed by atoms with Crippen LogP contribution in [-0.4, -0.2) is 26.0 Å².